The van der Waals surface area contributed by atoms with Crippen molar-refractivity contribution in [2.24, 2.45) is 5.84 Å². The lowest BCUT2D eigenvalue weighted by Gasteiger charge is -2.35. The van der Waals surface area contributed by atoms with Crippen LogP contribution in [0.5, 0.6) is 0 Å². The Morgan fingerprint density at radius 1 is 1.60 bits per heavy atom. The van der Waals surface area contributed by atoms with Gasteiger partial charge in [0.05, 0.1) is 13.2 Å². The van der Waals surface area contributed by atoms with Crippen molar-refractivity contribution in [2.75, 3.05) is 19.8 Å². The molecule has 0 aromatic heterocycles. The van der Waals surface area contributed by atoms with Crippen LogP contribution in [0.3, 0.4) is 0 Å². The summed E-state index contributed by atoms with van der Waals surface area (Å²) < 4.78 is 6.45. The largest absolute Gasteiger partial charge is 0.378 e. The Labute approximate surface area is 127 Å². The first-order valence-electron chi connectivity index (χ1n) is 6.76. The minimum atomic E-state index is -0.282. The summed E-state index contributed by atoms with van der Waals surface area (Å²) in [7, 11) is 0. The van der Waals surface area contributed by atoms with Gasteiger partial charge in [0.15, 0.2) is 0 Å². The summed E-state index contributed by atoms with van der Waals surface area (Å²) in [6.45, 7) is 5.54. The zero-order chi connectivity index (χ0) is 14.5. The van der Waals surface area contributed by atoms with Crippen molar-refractivity contribution in [3.8, 4) is 0 Å². The summed E-state index contributed by atoms with van der Waals surface area (Å²) >= 11 is 3.53. The number of hydrogen-bond acceptors (Lipinski definition) is 4. The quantitative estimate of drug-likeness (QED) is 0.496. The van der Waals surface area contributed by atoms with Crippen molar-refractivity contribution in [3.05, 3.63) is 33.8 Å². The fourth-order valence-corrected chi connectivity index (χ4v) is 2.90. The van der Waals surface area contributed by atoms with E-state index in [0.29, 0.717) is 11.6 Å². The fourth-order valence-electron chi connectivity index (χ4n) is 2.39. The summed E-state index contributed by atoms with van der Waals surface area (Å²) in [6.07, 6.45) is 1.07. The molecule has 110 valence electrons. The van der Waals surface area contributed by atoms with E-state index in [1.165, 1.54) is 5.56 Å². The normalized spacial score (nSPS) is 19.9. The number of hydrogen-bond donors (Lipinski definition) is 2. The molecule has 0 radical (unpaired) electrons. The minimum absolute atomic E-state index is 0.282. The molecular formula is C14H20BrN3O2. The van der Waals surface area contributed by atoms with Crippen LogP contribution >= 0.6 is 15.9 Å². The van der Waals surface area contributed by atoms with Gasteiger partial charge in [-0.2, -0.15) is 0 Å². The van der Waals surface area contributed by atoms with Crippen LogP contribution in [0.2, 0.25) is 0 Å². The van der Waals surface area contributed by atoms with Gasteiger partial charge < -0.3 is 4.74 Å². The number of rotatable bonds is 4. The third-order valence-corrected chi connectivity index (χ3v) is 4.38. The molecule has 0 aliphatic carbocycles. The van der Waals surface area contributed by atoms with Crippen LogP contribution in [0, 0.1) is 0 Å². The molecule has 1 aliphatic rings. The number of halogens is 1. The predicted octanol–water partition coefficient (Wildman–Crippen LogP) is 1.66. The van der Waals surface area contributed by atoms with E-state index in [-0.39, 0.29) is 5.91 Å². The Kier molecular flexibility index (Phi) is 5.54. The van der Waals surface area contributed by atoms with Crippen LogP contribution in [0.15, 0.2) is 22.7 Å². The number of morpholine rings is 1. The lowest BCUT2D eigenvalue weighted by atomic mass is 10.1. The highest BCUT2D eigenvalue weighted by Crippen LogP contribution is 2.22. The number of nitrogens with two attached hydrogens (primary N) is 1. The molecule has 1 saturated heterocycles. The van der Waals surface area contributed by atoms with E-state index in [0.717, 1.165) is 37.2 Å². The molecular weight excluding hydrogens is 322 g/mol. The number of carbonyl (C=O) groups is 1. The second-order valence-electron chi connectivity index (χ2n) is 4.89. The Balaban J connectivity index is 2.11. The SMILES string of the molecule is CCC1COCCN1Cc1ccc(C(=O)NN)cc1Br. The Hall–Kier alpha value is -0.950. The first-order chi connectivity index (χ1) is 9.65. The first-order valence-corrected chi connectivity index (χ1v) is 7.56. The summed E-state index contributed by atoms with van der Waals surface area (Å²) in [5.74, 6) is 4.86. The molecule has 20 heavy (non-hydrogen) atoms. The Morgan fingerprint density at radius 3 is 3.05 bits per heavy atom. The topological polar surface area (TPSA) is 67.6 Å². The van der Waals surface area contributed by atoms with Crippen molar-refractivity contribution in [2.45, 2.75) is 25.9 Å². The molecule has 0 spiro atoms. The van der Waals surface area contributed by atoms with Gasteiger partial charge in [-0.3, -0.25) is 15.1 Å². The minimum Gasteiger partial charge on any atom is -0.378 e. The molecule has 1 heterocycles. The van der Waals surface area contributed by atoms with Gasteiger partial charge in [0.2, 0.25) is 0 Å². The summed E-state index contributed by atoms with van der Waals surface area (Å²) in [5, 5.41) is 0. The molecule has 2 rings (SSSR count). The summed E-state index contributed by atoms with van der Waals surface area (Å²) in [4.78, 5) is 13.9. The van der Waals surface area contributed by atoms with Crippen LogP contribution in [0.25, 0.3) is 0 Å². The maximum Gasteiger partial charge on any atom is 0.265 e. The van der Waals surface area contributed by atoms with Gasteiger partial charge in [-0.05, 0) is 24.1 Å². The number of nitrogens with zero attached hydrogens (tertiary/aromatic N) is 1. The molecule has 1 fully saturated rings. The average Bonchev–Trinajstić information content (AvgIpc) is 2.49. The number of nitrogens with one attached hydrogen (secondary N) is 1. The molecule has 6 heteroatoms. The monoisotopic (exact) mass is 341 g/mol. The Bertz CT molecular complexity index is 481. The number of benzene rings is 1. The molecule has 1 aliphatic heterocycles. The molecule has 1 amide bonds. The zero-order valence-electron chi connectivity index (χ0n) is 11.6. The molecule has 1 atom stereocenters. The smallest absolute Gasteiger partial charge is 0.265 e. The second kappa shape index (κ2) is 7.17. The van der Waals surface area contributed by atoms with Crippen molar-refractivity contribution in [1.29, 1.82) is 0 Å². The third-order valence-electron chi connectivity index (χ3n) is 3.64. The van der Waals surface area contributed by atoms with E-state index in [9.17, 15) is 4.79 Å². The zero-order valence-corrected chi connectivity index (χ0v) is 13.1. The first kappa shape index (κ1) is 15.4. The molecule has 0 saturated carbocycles. The molecule has 3 N–H and O–H groups in total. The van der Waals surface area contributed by atoms with E-state index >= 15 is 0 Å². The van der Waals surface area contributed by atoms with Gasteiger partial charge >= 0.3 is 0 Å². The molecule has 1 aromatic rings. The molecule has 5 nitrogen and oxygen atoms in total. The van der Waals surface area contributed by atoms with Gasteiger partial charge in [-0.1, -0.05) is 28.9 Å². The molecule has 1 unspecified atom stereocenters. The van der Waals surface area contributed by atoms with Crippen LogP contribution in [-0.4, -0.2) is 36.6 Å². The second-order valence-corrected chi connectivity index (χ2v) is 5.74. The van der Waals surface area contributed by atoms with Gasteiger partial charge in [-0.25, -0.2) is 5.84 Å². The van der Waals surface area contributed by atoms with E-state index in [1.54, 1.807) is 12.1 Å². The van der Waals surface area contributed by atoms with Crippen molar-refractivity contribution < 1.29 is 9.53 Å². The lowest BCUT2D eigenvalue weighted by Crippen LogP contribution is -2.44. The van der Waals surface area contributed by atoms with E-state index in [2.05, 4.69) is 33.2 Å². The standard InChI is InChI=1S/C14H20BrN3O2/c1-2-12-9-20-6-5-18(12)8-11-4-3-10(7-13(11)15)14(19)17-16/h3-4,7,12H,2,5-6,8-9,16H2,1H3,(H,17,19). The maximum absolute atomic E-state index is 11.5. The van der Waals surface area contributed by atoms with Crippen molar-refractivity contribution >= 4 is 21.8 Å². The van der Waals surface area contributed by atoms with Crippen LogP contribution in [0.4, 0.5) is 0 Å². The fraction of sp³-hybridized carbons (Fsp3) is 0.500. The maximum atomic E-state index is 11.5. The number of ether oxygens (including phenoxy) is 1. The summed E-state index contributed by atoms with van der Waals surface area (Å²) in [6, 6.07) is 6.03. The van der Waals surface area contributed by atoms with Crippen LogP contribution < -0.4 is 11.3 Å². The molecule has 1 aromatic carbocycles. The highest BCUT2D eigenvalue weighted by atomic mass is 79.9. The molecule has 0 bridgehead atoms. The highest BCUT2D eigenvalue weighted by molar-refractivity contribution is 9.10. The lowest BCUT2D eigenvalue weighted by molar-refractivity contribution is -0.0128. The summed E-state index contributed by atoms with van der Waals surface area (Å²) in [5.41, 5.74) is 3.86. The van der Waals surface area contributed by atoms with Gasteiger partial charge in [0, 0.05) is 29.2 Å². The number of carbonyl (C=O) groups excluding carboxylic acids is 1. The number of amides is 1. The van der Waals surface area contributed by atoms with Crippen molar-refractivity contribution in [3.63, 3.8) is 0 Å². The number of nitrogen functional groups attached to an aromatic ring is 1. The number of hydrazine groups is 1. The Morgan fingerprint density at radius 2 is 2.40 bits per heavy atom. The average molecular weight is 342 g/mol. The third kappa shape index (κ3) is 3.58. The predicted molar refractivity (Wildman–Crippen MR) is 81.1 cm³/mol. The highest BCUT2D eigenvalue weighted by Gasteiger charge is 2.22. The van der Waals surface area contributed by atoms with Crippen LogP contribution in [-0.2, 0) is 11.3 Å². The van der Waals surface area contributed by atoms with E-state index in [1.807, 2.05) is 6.07 Å². The van der Waals surface area contributed by atoms with Crippen LogP contribution in [0.1, 0.15) is 29.3 Å². The van der Waals surface area contributed by atoms with E-state index in [4.69, 9.17) is 10.6 Å². The van der Waals surface area contributed by atoms with Crippen molar-refractivity contribution in [1.82, 2.24) is 10.3 Å². The van der Waals surface area contributed by atoms with Gasteiger partial charge in [0.1, 0.15) is 0 Å². The van der Waals surface area contributed by atoms with Gasteiger partial charge in [-0.15, -0.1) is 0 Å². The van der Waals surface area contributed by atoms with E-state index < -0.39 is 0 Å². The van der Waals surface area contributed by atoms with Gasteiger partial charge in [0.25, 0.3) is 5.91 Å².